The maximum atomic E-state index is 12.2. The van der Waals surface area contributed by atoms with Gasteiger partial charge in [-0.2, -0.15) is 0 Å². The third-order valence-electron chi connectivity index (χ3n) is 5.01. The van der Waals surface area contributed by atoms with Crippen molar-refractivity contribution in [2.24, 2.45) is 11.8 Å². The quantitative estimate of drug-likeness (QED) is 0.444. The zero-order chi connectivity index (χ0) is 21.2. The highest BCUT2D eigenvalue weighted by atomic mass is 16.5. The van der Waals surface area contributed by atoms with Crippen molar-refractivity contribution in [1.82, 2.24) is 5.32 Å². The molecule has 1 N–H and O–H groups in total. The first-order valence-corrected chi connectivity index (χ1v) is 11.1. The first-order chi connectivity index (χ1) is 13.6. The summed E-state index contributed by atoms with van der Waals surface area (Å²) in [5, 5.41) is 3.07. The summed E-state index contributed by atoms with van der Waals surface area (Å²) in [5.74, 6) is 0.767. The fraction of sp³-hybridized carbons (Fsp3) is 0.909. The minimum Gasteiger partial charge on any atom is -0.379 e. The Morgan fingerprint density at radius 1 is 0.929 bits per heavy atom. The van der Waals surface area contributed by atoms with Crippen LogP contribution in [0.15, 0.2) is 0 Å². The van der Waals surface area contributed by atoms with Gasteiger partial charge in [0.15, 0.2) is 0 Å². The number of ether oxygens (including phenoxy) is 3. The van der Waals surface area contributed by atoms with Crippen LogP contribution in [0.25, 0.3) is 0 Å². The number of ketones is 1. The highest BCUT2D eigenvalue weighted by Gasteiger charge is 2.28. The molecule has 0 heterocycles. The number of amides is 1. The van der Waals surface area contributed by atoms with E-state index in [1.165, 1.54) is 0 Å². The van der Waals surface area contributed by atoms with Crippen molar-refractivity contribution in [1.29, 1.82) is 0 Å². The zero-order valence-corrected chi connectivity index (χ0v) is 18.8. The molecule has 6 heteroatoms. The molecule has 0 aromatic heterocycles. The van der Waals surface area contributed by atoms with E-state index >= 15 is 0 Å². The van der Waals surface area contributed by atoms with Gasteiger partial charge in [-0.3, -0.25) is 9.59 Å². The van der Waals surface area contributed by atoms with Gasteiger partial charge in [0.1, 0.15) is 5.78 Å². The molecule has 0 bridgehead atoms. The molecule has 0 radical (unpaired) electrons. The molecule has 1 aliphatic rings. The topological polar surface area (TPSA) is 73.9 Å². The van der Waals surface area contributed by atoms with E-state index in [4.69, 9.17) is 14.2 Å². The SMILES string of the molecule is CC.CCOCCOCCOCCC(=O)NC1CCC(C(=O)C(C)CC)CC1.[HH]. The molecule has 1 rings (SSSR count). The molecule has 0 saturated heterocycles. The molecule has 28 heavy (non-hydrogen) atoms. The van der Waals surface area contributed by atoms with E-state index in [1.807, 2.05) is 27.7 Å². The molecule has 0 aliphatic heterocycles. The highest BCUT2D eigenvalue weighted by Crippen LogP contribution is 2.28. The summed E-state index contributed by atoms with van der Waals surface area (Å²) < 4.78 is 15.9. The number of rotatable bonds is 14. The highest BCUT2D eigenvalue weighted by molar-refractivity contribution is 5.83. The van der Waals surface area contributed by atoms with Gasteiger partial charge in [0.05, 0.1) is 33.0 Å². The van der Waals surface area contributed by atoms with E-state index in [-0.39, 0.29) is 25.2 Å². The zero-order valence-electron chi connectivity index (χ0n) is 18.8. The molecule has 1 atom stereocenters. The van der Waals surface area contributed by atoms with Crippen molar-refractivity contribution in [3.8, 4) is 0 Å². The van der Waals surface area contributed by atoms with E-state index in [9.17, 15) is 9.59 Å². The molecule has 1 fully saturated rings. The van der Waals surface area contributed by atoms with Crippen LogP contribution >= 0.6 is 0 Å². The molecule has 1 saturated carbocycles. The molecule has 168 valence electrons. The molecule has 0 aromatic carbocycles. The van der Waals surface area contributed by atoms with E-state index in [0.29, 0.717) is 51.8 Å². The Morgan fingerprint density at radius 3 is 2.00 bits per heavy atom. The Bertz CT molecular complexity index is 401. The van der Waals surface area contributed by atoms with Gasteiger partial charge in [-0.05, 0) is 39.0 Å². The monoisotopic (exact) mass is 403 g/mol. The van der Waals surface area contributed by atoms with Crippen LogP contribution in [0.1, 0.15) is 74.6 Å². The van der Waals surface area contributed by atoms with E-state index in [1.54, 1.807) is 0 Å². The van der Waals surface area contributed by atoms with Crippen molar-refractivity contribution in [3.63, 3.8) is 0 Å². The van der Waals surface area contributed by atoms with E-state index in [2.05, 4.69) is 12.2 Å². The van der Waals surface area contributed by atoms with Crippen molar-refractivity contribution < 1.29 is 25.2 Å². The normalized spacial score (nSPS) is 20.0. The lowest BCUT2D eigenvalue weighted by Crippen LogP contribution is -2.39. The van der Waals surface area contributed by atoms with Gasteiger partial charge in [0.2, 0.25) is 5.91 Å². The van der Waals surface area contributed by atoms with E-state index < -0.39 is 0 Å². The van der Waals surface area contributed by atoms with E-state index in [0.717, 1.165) is 32.1 Å². The second-order valence-electron chi connectivity index (χ2n) is 7.00. The summed E-state index contributed by atoms with van der Waals surface area (Å²) in [6.45, 7) is 13.3. The Kier molecular flexibility index (Phi) is 17.4. The van der Waals surface area contributed by atoms with Crippen LogP contribution in [-0.2, 0) is 23.8 Å². The van der Waals surface area contributed by atoms with Gasteiger partial charge in [0.25, 0.3) is 0 Å². The molecule has 6 nitrogen and oxygen atoms in total. The Labute approximate surface area is 173 Å². The number of hydrogen-bond acceptors (Lipinski definition) is 5. The van der Waals surface area contributed by atoms with Crippen molar-refractivity contribution >= 4 is 11.7 Å². The van der Waals surface area contributed by atoms with Crippen LogP contribution < -0.4 is 5.32 Å². The maximum absolute atomic E-state index is 12.2. The van der Waals surface area contributed by atoms with Crippen molar-refractivity contribution in [2.75, 3.05) is 39.6 Å². The standard InChI is InChI=1S/C20H37NO5.C2H6.H2/c1-4-16(3)20(23)17-6-8-18(9-7-17)21-19(22)10-11-25-14-15-26-13-12-24-5-2;1-2;/h16-18H,4-15H2,1-3H3,(H,21,22);1-2H3;1H. The predicted octanol–water partition coefficient (Wildman–Crippen LogP) is 4.01. The Morgan fingerprint density at radius 2 is 1.46 bits per heavy atom. The predicted molar refractivity (Wildman–Crippen MR) is 115 cm³/mol. The summed E-state index contributed by atoms with van der Waals surface area (Å²) in [7, 11) is 0. The van der Waals surface area contributed by atoms with Crippen molar-refractivity contribution in [2.45, 2.75) is 79.2 Å². The van der Waals surface area contributed by atoms with Crippen LogP contribution in [0, 0.1) is 11.8 Å². The third-order valence-corrected chi connectivity index (χ3v) is 5.01. The molecule has 0 aromatic rings. The third kappa shape index (κ3) is 12.5. The minimum absolute atomic E-state index is 0. The number of nitrogens with one attached hydrogen (secondary N) is 1. The summed E-state index contributed by atoms with van der Waals surface area (Å²) in [6.07, 6.45) is 4.85. The molecular weight excluding hydrogens is 358 g/mol. The lowest BCUT2D eigenvalue weighted by atomic mass is 9.79. The van der Waals surface area contributed by atoms with Crippen LogP contribution in [-0.4, -0.2) is 57.4 Å². The lowest BCUT2D eigenvalue weighted by molar-refractivity contribution is -0.127. The summed E-state index contributed by atoms with van der Waals surface area (Å²) in [6, 6.07) is 0.199. The number of hydrogen-bond donors (Lipinski definition) is 1. The van der Waals surface area contributed by atoms with Crippen molar-refractivity contribution in [3.05, 3.63) is 0 Å². The maximum Gasteiger partial charge on any atom is 0.222 e. The molecule has 1 amide bonds. The number of carbonyl (C=O) groups is 2. The second kappa shape index (κ2) is 18.1. The largest absolute Gasteiger partial charge is 0.379 e. The average molecular weight is 404 g/mol. The van der Waals surface area contributed by atoms with Crippen LogP contribution in [0.3, 0.4) is 0 Å². The van der Waals surface area contributed by atoms with Crippen LogP contribution in [0.2, 0.25) is 0 Å². The van der Waals surface area contributed by atoms with Gasteiger partial charge < -0.3 is 19.5 Å². The first kappa shape index (κ1) is 27.0. The van der Waals surface area contributed by atoms with Crippen LogP contribution in [0.5, 0.6) is 0 Å². The fourth-order valence-corrected chi connectivity index (χ4v) is 3.17. The molecule has 1 aliphatic carbocycles. The first-order valence-electron chi connectivity index (χ1n) is 11.1. The van der Waals surface area contributed by atoms with Gasteiger partial charge >= 0.3 is 0 Å². The van der Waals surface area contributed by atoms with Gasteiger partial charge in [-0.25, -0.2) is 0 Å². The fourth-order valence-electron chi connectivity index (χ4n) is 3.17. The molecule has 1 unspecified atom stereocenters. The summed E-state index contributed by atoms with van der Waals surface area (Å²) in [4.78, 5) is 24.2. The Hall–Kier alpha value is -0.980. The minimum atomic E-state index is 0. The smallest absolute Gasteiger partial charge is 0.222 e. The average Bonchev–Trinajstić information content (AvgIpc) is 2.73. The van der Waals surface area contributed by atoms with Gasteiger partial charge in [-0.1, -0.05) is 27.7 Å². The van der Waals surface area contributed by atoms with Gasteiger partial charge in [0, 0.05) is 32.3 Å². The number of carbonyl (C=O) groups excluding carboxylic acids is 2. The van der Waals surface area contributed by atoms with Gasteiger partial charge in [-0.15, -0.1) is 0 Å². The molecular formula is C22H45NO5. The Balaban J connectivity index is 0. The second-order valence-corrected chi connectivity index (χ2v) is 7.00. The summed E-state index contributed by atoms with van der Waals surface area (Å²) in [5.41, 5.74) is 0. The summed E-state index contributed by atoms with van der Waals surface area (Å²) >= 11 is 0. The van der Waals surface area contributed by atoms with Crippen LogP contribution in [0.4, 0.5) is 0 Å². The molecule has 0 spiro atoms. The lowest BCUT2D eigenvalue weighted by Gasteiger charge is -2.29. The number of Topliss-reactive ketones (excluding diaryl/α,β-unsaturated/α-hetero) is 1.